The van der Waals surface area contributed by atoms with Crippen LogP contribution in [0.2, 0.25) is 0 Å². The maximum Gasteiger partial charge on any atom is 0.353 e. The molecular formula is C15H12N4O2S2. The summed E-state index contributed by atoms with van der Waals surface area (Å²) < 4.78 is 7.25. The number of nitrogens with one attached hydrogen (secondary N) is 1. The molecule has 1 N–H and O–H groups in total. The predicted molar refractivity (Wildman–Crippen MR) is 90.9 cm³/mol. The maximum absolute atomic E-state index is 11.9. The predicted octanol–water partition coefficient (Wildman–Crippen LogP) is 3.41. The van der Waals surface area contributed by atoms with E-state index in [2.05, 4.69) is 15.3 Å². The van der Waals surface area contributed by atoms with Gasteiger partial charge in [0, 0.05) is 0 Å². The molecule has 0 bridgehead atoms. The second kappa shape index (κ2) is 6.67. The van der Waals surface area contributed by atoms with Crippen LogP contribution in [-0.4, -0.2) is 27.1 Å². The molecule has 0 atom stereocenters. The number of rotatable bonds is 4. The lowest BCUT2D eigenvalue weighted by Crippen LogP contribution is -2.06. The lowest BCUT2D eigenvalue weighted by atomic mass is 10.2. The average molecular weight is 344 g/mol. The molecule has 3 rings (SSSR count). The van der Waals surface area contributed by atoms with Gasteiger partial charge in [0.05, 0.1) is 6.21 Å². The van der Waals surface area contributed by atoms with Gasteiger partial charge in [-0.15, -0.1) is 11.3 Å². The van der Waals surface area contributed by atoms with Crippen LogP contribution in [0.15, 0.2) is 46.9 Å². The summed E-state index contributed by atoms with van der Waals surface area (Å²) >= 11 is 6.42. The SMILES string of the molecule is Cc1n[nH]c(=S)n1/N=C\c1ccc(OC(=O)c2cccs2)cc1. The first-order valence-electron chi connectivity index (χ1n) is 6.67. The van der Waals surface area contributed by atoms with E-state index in [1.807, 2.05) is 11.4 Å². The van der Waals surface area contributed by atoms with Gasteiger partial charge in [0.25, 0.3) is 0 Å². The van der Waals surface area contributed by atoms with Crippen LogP contribution in [0.25, 0.3) is 0 Å². The van der Waals surface area contributed by atoms with Crippen molar-refractivity contribution in [1.29, 1.82) is 0 Å². The first kappa shape index (κ1) is 15.3. The fraction of sp³-hybridized carbons (Fsp3) is 0.0667. The van der Waals surface area contributed by atoms with Crippen LogP contribution in [0.1, 0.15) is 21.1 Å². The molecule has 0 saturated carbocycles. The first-order valence-corrected chi connectivity index (χ1v) is 7.96. The molecule has 1 aromatic carbocycles. The third-order valence-electron chi connectivity index (χ3n) is 2.95. The Morgan fingerprint density at radius 2 is 2.17 bits per heavy atom. The summed E-state index contributed by atoms with van der Waals surface area (Å²) in [5.74, 6) is 0.797. The quantitative estimate of drug-likeness (QED) is 0.341. The maximum atomic E-state index is 11.9. The minimum Gasteiger partial charge on any atom is -0.422 e. The highest BCUT2D eigenvalue weighted by atomic mass is 32.1. The molecule has 116 valence electrons. The lowest BCUT2D eigenvalue weighted by molar-refractivity contribution is 0.0740. The molecule has 6 nitrogen and oxygen atoms in total. The highest BCUT2D eigenvalue weighted by Gasteiger charge is 2.08. The number of carbonyl (C=O) groups is 1. The van der Waals surface area contributed by atoms with E-state index < -0.39 is 0 Å². The monoisotopic (exact) mass is 344 g/mol. The highest BCUT2D eigenvalue weighted by Crippen LogP contribution is 2.16. The van der Waals surface area contributed by atoms with Gasteiger partial charge in [-0.05, 0) is 60.4 Å². The Hall–Kier alpha value is -2.58. The second-order valence-electron chi connectivity index (χ2n) is 4.57. The summed E-state index contributed by atoms with van der Waals surface area (Å²) in [6, 6.07) is 10.6. The number of hydrogen-bond donors (Lipinski definition) is 1. The number of aromatic nitrogens is 3. The Labute approximate surface area is 141 Å². The van der Waals surface area contributed by atoms with E-state index in [0.717, 1.165) is 5.56 Å². The highest BCUT2D eigenvalue weighted by molar-refractivity contribution is 7.71. The van der Waals surface area contributed by atoms with Crippen molar-refractivity contribution in [3.05, 3.63) is 62.8 Å². The number of hydrogen-bond acceptors (Lipinski definition) is 6. The third-order valence-corrected chi connectivity index (χ3v) is 4.06. The minimum atomic E-state index is -0.359. The van der Waals surface area contributed by atoms with Crippen molar-refractivity contribution in [1.82, 2.24) is 14.9 Å². The molecule has 0 fully saturated rings. The van der Waals surface area contributed by atoms with Crippen LogP contribution in [-0.2, 0) is 0 Å². The summed E-state index contributed by atoms with van der Waals surface area (Å²) in [4.78, 5) is 12.4. The van der Waals surface area contributed by atoms with Crippen molar-refractivity contribution in [3.8, 4) is 5.75 Å². The minimum absolute atomic E-state index is 0.359. The number of aromatic amines is 1. The summed E-state index contributed by atoms with van der Waals surface area (Å²) in [7, 11) is 0. The zero-order valence-electron chi connectivity index (χ0n) is 12.1. The van der Waals surface area contributed by atoms with Gasteiger partial charge in [0.15, 0.2) is 0 Å². The normalized spacial score (nSPS) is 11.0. The molecule has 0 saturated heterocycles. The zero-order chi connectivity index (χ0) is 16.2. The van der Waals surface area contributed by atoms with Gasteiger partial charge in [-0.2, -0.15) is 14.9 Å². The van der Waals surface area contributed by atoms with Crippen LogP contribution in [0.3, 0.4) is 0 Å². The molecule has 23 heavy (non-hydrogen) atoms. The molecule has 8 heteroatoms. The first-order chi connectivity index (χ1) is 11.1. The van der Waals surface area contributed by atoms with Crippen molar-refractivity contribution in [3.63, 3.8) is 0 Å². The Kier molecular flexibility index (Phi) is 4.45. The molecular weight excluding hydrogens is 332 g/mol. The number of aryl methyl sites for hydroxylation is 1. The van der Waals surface area contributed by atoms with Gasteiger partial charge in [0.1, 0.15) is 16.5 Å². The number of H-pyrrole nitrogens is 1. The summed E-state index contributed by atoms with van der Waals surface area (Å²) in [5.41, 5.74) is 0.850. The number of carbonyl (C=O) groups excluding carboxylic acids is 1. The van der Waals surface area contributed by atoms with Crippen LogP contribution < -0.4 is 4.74 Å². The van der Waals surface area contributed by atoms with Gasteiger partial charge in [0.2, 0.25) is 4.77 Å². The molecule has 0 spiro atoms. The Morgan fingerprint density at radius 3 is 2.78 bits per heavy atom. The van der Waals surface area contributed by atoms with Crippen molar-refractivity contribution in [2.45, 2.75) is 6.92 Å². The van der Waals surface area contributed by atoms with E-state index >= 15 is 0 Å². The van der Waals surface area contributed by atoms with Crippen molar-refractivity contribution >= 4 is 35.7 Å². The fourth-order valence-electron chi connectivity index (χ4n) is 1.80. The number of esters is 1. The Bertz CT molecular complexity index is 892. The Balaban J connectivity index is 1.70. The number of nitrogens with zero attached hydrogens (tertiary/aromatic N) is 3. The molecule has 3 aromatic rings. The van der Waals surface area contributed by atoms with Crippen LogP contribution in [0, 0.1) is 11.7 Å². The van der Waals surface area contributed by atoms with Crippen LogP contribution in [0.5, 0.6) is 5.75 Å². The van der Waals surface area contributed by atoms with Crippen molar-refractivity contribution in [2.24, 2.45) is 5.10 Å². The van der Waals surface area contributed by atoms with E-state index in [1.54, 1.807) is 43.5 Å². The molecule has 0 unspecified atom stereocenters. The van der Waals surface area contributed by atoms with Gasteiger partial charge >= 0.3 is 5.97 Å². The van der Waals surface area contributed by atoms with E-state index in [-0.39, 0.29) is 5.97 Å². The number of benzene rings is 1. The van der Waals surface area contributed by atoms with E-state index in [9.17, 15) is 4.79 Å². The summed E-state index contributed by atoms with van der Waals surface area (Å²) in [5, 5.41) is 12.7. The summed E-state index contributed by atoms with van der Waals surface area (Å²) in [6.07, 6.45) is 1.66. The smallest absolute Gasteiger partial charge is 0.353 e. The summed E-state index contributed by atoms with van der Waals surface area (Å²) in [6.45, 7) is 1.80. The second-order valence-corrected chi connectivity index (χ2v) is 5.90. The number of thiophene rings is 1. The van der Waals surface area contributed by atoms with Gasteiger partial charge in [-0.25, -0.2) is 4.79 Å². The largest absolute Gasteiger partial charge is 0.422 e. The van der Waals surface area contributed by atoms with Gasteiger partial charge in [-0.3, -0.25) is 5.10 Å². The molecule has 0 aliphatic heterocycles. The average Bonchev–Trinajstić information content (AvgIpc) is 3.18. The Morgan fingerprint density at radius 1 is 1.39 bits per heavy atom. The van der Waals surface area contributed by atoms with E-state index in [4.69, 9.17) is 17.0 Å². The zero-order valence-corrected chi connectivity index (χ0v) is 13.7. The lowest BCUT2D eigenvalue weighted by Gasteiger charge is -2.02. The van der Waals surface area contributed by atoms with E-state index in [0.29, 0.717) is 21.2 Å². The molecule has 0 aliphatic rings. The fourth-order valence-corrected chi connectivity index (χ4v) is 2.63. The van der Waals surface area contributed by atoms with Crippen LogP contribution in [0.4, 0.5) is 0 Å². The third kappa shape index (κ3) is 3.61. The van der Waals surface area contributed by atoms with Crippen molar-refractivity contribution in [2.75, 3.05) is 0 Å². The standard InChI is InChI=1S/C15H12N4O2S2/c1-10-17-18-15(22)19(10)16-9-11-4-6-12(7-5-11)21-14(20)13-3-2-8-23-13/h2-9H,1H3,(H,18,22)/b16-9-. The number of ether oxygens (including phenoxy) is 1. The molecule has 0 amide bonds. The topological polar surface area (TPSA) is 72.3 Å². The van der Waals surface area contributed by atoms with Gasteiger partial charge in [-0.1, -0.05) is 6.07 Å². The van der Waals surface area contributed by atoms with Crippen molar-refractivity contribution < 1.29 is 9.53 Å². The molecule has 0 aliphatic carbocycles. The van der Waals surface area contributed by atoms with E-state index in [1.165, 1.54) is 16.0 Å². The van der Waals surface area contributed by atoms with Crippen LogP contribution >= 0.6 is 23.6 Å². The molecule has 2 aromatic heterocycles. The molecule has 2 heterocycles. The van der Waals surface area contributed by atoms with Gasteiger partial charge < -0.3 is 4.74 Å². The molecule has 0 radical (unpaired) electrons.